The Kier molecular flexibility index (Phi) is 7.19. The molecule has 1 aliphatic heterocycles. The molecule has 1 heterocycles. The summed E-state index contributed by atoms with van der Waals surface area (Å²) in [5.74, 6) is 0.175. The zero-order chi connectivity index (χ0) is 24.2. The number of nitrogens with zero attached hydrogens (tertiary/aromatic N) is 2. The summed E-state index contributed by atoms with van der Waals surface area (Å²) in [5.41, 5.74) is 0.677. The number of nitrogens with one attached hydrogen (secondary N) is 2. The molecular formula is C24H29F3N4O2. The van der Waals surface area contributed by atoms with Gasteiger partial charge in [0.05, 0.1) is 5.56 Å². The molecule has 0 unspecified atom stereocenters. The van der Waals surface area contributed by atoms with Gasteiger partial charge in [-0.25, -0.2) is 4.79 Å². The molecule has 3 amide bonds. The second-order valence-corrected chi connectivity index (χ2v) is 9.31. The number of benzene rings is 2. The number of alkyl halides is 3. The number of piperazine rings is 1. The lowest BCUT2D eigenvalue weighted by molar-refractivity contribution is -0.137. The molecule has 2 aromatic carbocycles. The lowest BCUT2D eigenvalue weighted by atomic mass is 9.91. The summed E-state index contributed by atoms with van der Waals surface area (Å²) in [6.45, 7) is 8.92. The average molecular weight is 463 g/mol. The van der Waals surface area contributed by atoms with E-state index in [9.17, 15) is 22.8 Å². The number of carbonyl (C=O) groups excluding carboxylic acids is 2. The molecule has 0 saturated carbocycles. The molecular weight excluding hydrogens is 433 g/mol. The highest BCUT2D eigenvalue weighted by molar-refractivity contribution is 5.99. The Bertz CT molecular complexity index is 976. The summed E-state index contributed by atoms with van der Waals surface area (Å²) in [5, 5.41) is 5.03. The van der Waals surface area contributed by atoms with Gasteiger partial charge in [-0.05, 0) is 47.9 Å². The first-order valence-corrected chi connectivity index (χ1v) is 10.8. The molecule has 0 aliphatic carbocycles. The summed E-state index contributed by atoms with van der Waals surface area (Å²) in [6, 6.07) is 11.0. The van der Waals surface area contributed by atoms with Crippen LogP contribution >= 0.6 is 0 Å². The molecule has 2 aromatic rings. The fraction of sp³-hybridized carbons (Fsp3) is 0.417. The quantitative estimate of drug-likeness (QED) is 0.637. The molecule has 6 nitrogen and oxygen atoms in total. The van der Waals surface area contributed by atoms with Gasteiger partial charge < -0.3 is 20.4 Å². The van der Waals surface area contributed by atoms with E-state index < -0.39 is 17.8 Å². The van der Waals surface area contributed by atoms with Crippen LogP contribution in [0.5, 0.6) is 0 Å². The van der Waals surface area contributed by atoms with Crippen molar-refractivity contribution in [1.29, 1.82) is 0 Å². The van der Waals surface area contributed by atoms with Crippen LogP contribution in [0.1, 0.15) is 32.8 Å². The fourth-order valence-electron chi connectivity index (χ4n) is 3.60. The molecule has 1 fully saturated rings. The molecule has 0 bridgehead atoms. The minimum Gasteiger partial charge on any atom is -0.368 e. The lowest BCUT2D eigenvalue weighted by Crippen LogP contribution is -2.49. The molecule has 0 aromatic heterocycles. The molecule has 3 rings (SSSR count). The molecule has 1 saturated heterocycles. The molecule has 1 aliphatic rings. The van der Waals surface area contributed by atoms with Crippen LogP contribution in [0.25, 0.3) is 0 Å². The highest BCUT2D eigenvalue weighted by Gasteiger charge is 2.30. The first-order chi connectivity index (χ1) is 15.4. The number of rotatable bonds is 4. The van der Waals surface area contributed by atoms with E-state index >= 15 is 0 Å². The van der Waals surface area contributed by atoms with Gasteiger partial charge in [-0.3, -0.25) is 4.79 Å². The predicted octanol–water partition coefficient (Wildman–Crippen LogP) is 5.43. The standard InChI is InChI=1S/C24H29F3N4O2/c1-23(2,3)16-21(32)31-13-11-30(12-14-31)20-9-7-18(8-10-20)28-22(33)29-19-6-4-5-17(15-19)24(25,26)27/h4-10,15H,11-14,16H2,1-3H3,(H2,28,29,33). The maximum absolute atomic E-state index is 12.8. The third-order valence-electron chi connectivity index (χ3n) is 5.25. The summed E-state index contributed by atoms with van der Waals surface area (Å²) in [4.78, 5) is 28.7. The van der Waals surface area contributed by atoms with Crippen molar-refractivity contribution in [1.82, 2.24) is 4.90 Å². The Morgan fingerprint density at radius 3 is 2.06 bits per heavy atom. The van der Waals surface area contributed by atoms with Crippen molar-refractivity contribution in [2.24, 2.45) is 5.41 Å². The lowest BCUT2D eigenvalue weighted by Gasteiger charge is -2.37. The Balaban J connectivity index is 1.52. The van der Waals surface area contributed by atoms with Gasteiger partial charge in [-0.2, -0.15) is 13.2 Å². The fourth-order valence-corrected chi connectivity index (χ4v) is 3.60. The summed E-state index contributed by atoms with van der Waals surface area (Å²) < 4.78 is 38.5. The van der Waals surface area contributed by atoms with Crippen LogP contribution < -0.4 is 15.5 Å². The zero-order valence-corrected chi connectivity index (χ0v) is 19.0. The smallest absolute Gasteiger partial charge is 0.368 e. The maximum Gasteiger partial charge on any atom is 0.416 e. The SMILES string of the molecule is CC(C)(C)CC(=O)N1CCN(c2ccc(NC(=O)Nc3cccc(C(F)(F)F)c3)cc2)CC1. The highest BCUT2D eigenvalue weighted by Crippen LogP contribution is 2.30. The van der Waals surface area contributed by atoms with E-state index in [4.69, 9.17) is 0 Å². The van der Waals surface area contributed by atoms with E-state index in [1.165, 1.54) is 12.1 Å². The van der Waals surface area contributed by atoms with Crippen LogP contribution in [0.2, 0.25) is 0 Å². The molecule has 0 radical (unpaired) electrons. The summed E-state index contributed by atoms with van der Waals surface area (Å²) in [6.07, 6.45) is -3.95. The van der Waals surface area contributed by atoms with Crippen LogP contribution in [0.15, 0.2) is 48.5 Å². The zero-order valence-electron chi connectivity index (χ0n) is 19.0. The van der Waals surface area contributed by atoms with Crippen LogP contribution in [-0.2, 0) is 11.0 Å². The van der Waals surface area contributed by atoms with Gasteiger partial charge >= 0.3 is 12.2 Å². The molecule has 2 N–H and O–H groups in total. The highest BCUT2D eigenvalue weighted by atomic mass is 19.4. The first-order valence-electron chi connectivity index (χ1n) is 10.8. The molecule has 33 heavy (non-hydrogen) atoms. The number of urea groups is 1. The summed E-state index contributed by atoms with van der Waals surface area (Å²) >= 11 is 0. The van der Waals surface area contributed by atoms with E-state index in [1.807, 2.05) is 17.0 Å². The monoisotopic (exact) mass is 462 g/mol. The van der Waals surface area contributed by atoms with E-state index in [-0.39, 0.29) is 17.0 Å². The van der Waals surface area contributed by atoms with Gasteiger partial charge in [0.2, 0.25) is 5.91 Å². The number of halogens is 3. The largest absolute Gasteiger partial charge is 0.416 e. The van der Waals surface area contributed by atoms with Crippen molar-refractivity contribution < 1.29 is 22.8 Å². The summed E-state index contributed by atoms with van der Waals surface area (Å²) in [7, 11) is 0. The third kappa shape index (κ3) is 7.13. The van der Waals surface area contributed by atoms with Gasteiger partial charge in [-0.15, -0.1) is 0 Å². The minimum absolute atomic E-state index is 0.0372. The van der Waals surface area contributed by atoms with E-state index in [2.05, 4.69) is 36.3 Å². The van der Waals surface area contributed by atoms with Crippen molar-refractivity contribution in [3.8, 4) is 0 Å². The molecule has 0 atom stereocenters. The van der Waals surface area contributed by atoms with Crippen LogP contribution in [-0.4, -0.2) is 43.0 Å². The Morgan fingerprint density at radius 2 is 1.48 bits per heavy atom. The Morgan fingerprint density at radius 1 is 0.879 bits per heavy atom. The van der Waals surface area contributed by atoms with Gasteiger partial charge in [0.1, 0.15) is 0 Å². The van der Waals surface area contributed by atoms with Crippen molar-refractivity contribution in [2.45, 2.75) is 33.4 Å². The number of amides is 3. The van der Waals surface area contributed by atoms with Gasteiger partial charge in [0.15, 0.2) is 0 Å². The van der Waals surface area contributed by atoms with Gasteiger partial charge in [-0.1, -0.05) is 26.8 Å². The second kappa shape index (κ2) is 9.72. The first kappa shape index (κ1) is 24.4. The normalized spacial score (nSPS) is 14.7. The van der Waals surface area contributed by atoms with Crippen molar-refractivity contribution >= 4 is 29.0 Å². The molecule has 0 spiro atoms. The van der Waals surface area contributed by atoms with E-state index in [0.717, 1.165) is 30.9 Å². The van der Waals surface area contributed by atoms with Crippen LogP contribution in [0.4, 0.5) is 35.0 Å². The second-order valence-electron chi connectivity index (χ2n) is 9.31. The Labute approximate surface area is 191 Å². The van der Waals surface area contributed by atoms with Crippen molar-refractivity contribution in [3.05, 3.63) is 54.1 Å². The number of hydrogen-bond donors (Lipinski definition) is 2. The minimum atomic E-state index is -4.48. The molecule has 9 heteroatoms. The van der Waals surface area contributed by atoms with E-state index in [0.29, 0.717) is 25.2 Å². The Hall–Kier alpha value is -3.23. The van der Waals surface area contributed by atoms with Gasteiger partial charge in [0, 0.05) is 49.7 Å². The third-order valence-corrected chi connectivity index (χ3v) is 5.25. The number of carbonyl (C=O) groups is 2. The predicted molar refractivity (Wildman–Crippen MR) is 123 cm³/mol. The van der Waals surface area contributed by atoms with Crippen molar-refractivity contribution in [2.75, 3.05) is 41.7 Å². The van der Waals surface area contributed by atoms with Gasteiger partial charge in [0.25, 0.3) is 0 Å². The molecule has 178 valence electrons. The maximum atomic E-state index is 12.8. The number of anilines is 3. The van der Waals surface area contributed by atoms with Crippen LogP contribution in [0.3, 0.4) is 0 Å². The average Bonchev–Trinajstić information content (AvgIpc) is 2.73. The van der Waals surface area contributed by atoms with E-state index in [1.54, 1.807) is 12.1 Å². The number of hydrogen-bond acceptors (Lipinski definition) is 3. The topological polar surface area (TPSA) is 64.7 Å². The van der Waals surface area contributed by atoms with Crippen LogP contribution in [0, 0.1) is 5.41 Å². The van der Waals surface area contributed by atoms with Crippen molar-refractivity contribution in [3.63, 3.8) is 0 Å².